The molecule has 0 fully saturated rings. The molecule has 0 radical (unpaired) electrons. The van der Waals surface area contributed by atoms with Gasteiger partial charge in [0, 0.05) is 6.26 Å². The van der Waals surface area contributed by atoms with Crippen molar-refractivity contribution in [3.8, 4) is 0 Å². The Kier molecular flexibility index (Phi) is 3.46. The van der Waals surface area contributed by atoms with Gasteiger partial charge in [-0.15, -0.1) is 0 Å². The van der Waals surface area contributed by atoms with E-state index in [9.17, 15) is 13.5 Å². The van der Waals surface area contributed by atoms with Crippen LogP contribution in [0, 0.1) is 5.41 Å². The van der Waals surface area contributed by atoms with E-state index in [0.717, 1.165) is 6.26 Å². The van der Waals surface area contributed by atoms with Crippen molar-refractivity contribution < 1.29 is 13.5 Å². The molecule has 0 spiro atoms. The van der Waals surface area contributed by atoms with Gasteiger partial charge in [-0.05, 0) is 12.3 Å². The maximum Gasteiger partial charge on any atom is 0.169 e. The van der Waals surface area contributed by atoms with E-state index in [1.807, 2.05) is 0 Å². The van der Waals surface area contributed by atoms with Crippen molar-refractivity contribution in [2.24, 2.45) is 5.41 Å². The first-order chi connectivity index (χ1) is 5.40. The van der Waals surface area contributed by atoms with Gasteiger partial charge in [0.1, 0.15) is 0 Å². The average molecular weight is 229 g/mol. The van der Waals surface area contributed by atoms with Crippen LogP contribution in [-0.4, -0.2) is 30.1 Å². The van der Waals surface area contributed by atoms with Crippen molar-refractivity contribution in [3.63, 3.8) is 0 Å². The van der Waals surface area contributed by atoms with Crippen molar-refractivity contribution in [2.45, 2.75) is 38.0 Å². The summed E-state index contributed by atoms with van der Waals surface area (Å²) in [4.78, 5) is 0. The Hall–Kier alpha value is 0.200. The topological polar surface area (TPSA) is 54.4 Å². The minimum Gasteiger partial charge on any atom is -0.390 e. The van der Waals surface area contributed by atoms with Gasteiger partial charge in [-0.2, -0.15) is 0 Å². The second-order valence-corrected chi connectivity index (χ2v) is 7.93. The number of aliphatic hydroxyl groups excluding tert-OH is 1. The Bertz CT molecular complexity index is 274. The lowest BCUT2D eigenvalue weighted by molar-refractivity contribution is 0.0524. The fourth-order valence-corrected chi connectivity index (χ4v) is 2.06. The van der Waals surface area contributed by atoms with Crippen molar-refractivity contribution in [2.75, 3.05) is 6.26 Å². The van der Waals surface area contributed by atoms with E-state index in [1.54, 1.807) is 20.8 Å². The first-order valence-corrected chi connectivity index (χ1v) is 6.24. The summed E-state index contributed by atoms with van der Waals surface area (Å²) in [5.74, 6) is 0. The van der Waals surface area contributed by atoms with Crippen LogP contribution in [-0.2, 0) is 9.84 Å². The summed E-state index contributed by atoms with van der Waals surface area (Å²) >= 11 is 5.81. The lowest BCUT2D eigenvalue weighted by Crippen LogP contribution is -2.48. The first-order valence-electron chi connectivity index (χ1n) is 3.97. The van der Waals surface area contributed by atoms with Crippen molar-refractivity contribution in [3.05, 3.63) is 0 Å². The third-order valence-electron chi connectivity index (χ3n) is 2.03. The molecule has 3 nitrogen and oxygen atoms in total. The van der Waals surface area contributed by atoms with Gasteiger partial charge >= 0.3 is 0 Å². The van der Waals surface area contributed by atoms with Gasteiger partial charge in [-0.1, -0.05) is 32.4 Å². The molecule has 5 heteroatoms. The van der Waals surface area contributed by atoms with Gasteiger partial charge in [0.15, 0.2) is 14.0 Å². The number of halogens is 1. The number of sulfone groups is 1. The third kappa shape index (κ3) is 2.82. The highest BCUT2D eigenvalue weighted by Gasteiger charge is 2.46. The first kappa shape index (κ1) is 13.2. The molecule has 1 N–H and O–H groups in total. The largest absolute Gasteiger partial charge is 0.390 e. The summed E-state index contributed by atoms with van der Waals surface area (Å²) < 4.78 is 20.9. The average Bonchev–Trinajstić information content (AvgIpc) is 1.81. The highest BCUT2D eigenvalue weighted by molar-refractivity contribution is 7.93. The minimum absolute atomic E-state index is 0.556. The van der Waals surface area contributed by atoms with Crippen LogP contribution in [0.15, 0.2) is 0 Å². The molecule has 0 heterocycles. The SMILES string of the molecule is CC(C)(C)[C@H](O)[C@@](C)(Cl)S(C)(=O)=O. The van der Waals surface area contributed by atoms with Gasteiger partial charge in [-0.3, -0.25) is 0 Å². The summed E-state index contributed by atoms with van der Waals surface area (Å²) in [6.07, 6.45) is -0.0775. The minimum atomic E-state index is -3.47. The molecule has 2 atom stereocenters. The summed E-state index contributed by atoms with van der Waals surface area (Å²) in [7, 11) is -3.47. The molecule has 0 aliphatic rings. The Labute approximate surface area is 85.0 Å². The predicted molar refractivity (Wildman–Crippen MR) is 54.6 cm³/mol. The van der Waals surface area contributed by atoms with Crippen LogP contribution in [0.5, 0.6) is 0 Å². The van der Waals surface area contributed by atoms with E-state index >= 15 is 0 Å². The van der Waals surface area contributed by atoms with Crippen LogP contribution >= 0.6 is 11.6 Å². The number of alkyl halides is 1. The monoisotopic (exact) mass is 228 g/mol. The lowest BCUT2D eigenvalue weighted by Gasteiger charge is -2.35. The molecular formula is C8H17ClO3S. The zero-order chi connectivity index (χ0) is 11.1. The number of aliphatic hydroxyl groups is 1. The Morgan fingerprint density at radius 1 is 1.23 bits per heavy atom. The van der Waals surface area contributed by atoms with Gasteiger partial charge in [0.25, 0.3) is 0 Å². The second-order valence-electron chi connectivity index (χ2n) is 4.53. The highest BCUT2D eigenvalue weighted by Crippen LogP contribution is 2.35. The maximum absolute atomic E-state index is 11.2. The molecule has 0 rings (SSSR count). The molecule has 0 aromatic carbocycles. The van der Waals surface area contributed by atoms with Gasteiger partial charge < -0.3 is 5.11 Å². The molecule has 0 saturated heterocycles. The Morgan fingerprint density at radius 2 is 1.54 bits per heavy atom. The molecule has 80 valence electrons. The molecule has 0 aromatic rings. The van der Waals surface area contributed by atoms with E-state index in [-0.39, 0.29) is 0 Å². The predicted octanol–water partition coefficient (Wildman–Crippen LogP) is 1.39. The van der Waals surface area contributed by atoms with Crippen LogP contribution in [0.3, 0.4) is 0 Å². The van der Waals surface area contributed by atoms with Crippen molar-refractivity contribution in [1.29, 1.82) is 0 Å². The van der Waals surface area contributed by atoms with Crippen LogP contribution in [0.25, 0.3) is 0 Å². The number of rotatable bonds is 2. The van der Waals surface area contributed by atoms with E-state index < -0.39 is 25.6 Å². The standard InChI is InChI=1S/C8H17ClO3S/c1-7(2,3)6(10)8(4,9)13(5,11)12/h6,10H,1-5H3/t6-,8-/m0/s1. The zero-order valence-corrected chi connectivity index (χ0v) is 10.2. The molecule has 0 unspecified atom stereocenters. The summed E-state index contributed by atoms with van der Waals surface area (Å²) in [5, 5.41) is 9.74. The zero-order valence-electron chi connectivity index (χ0n) is 8.63. The maximum atomic E-state index is 11.2. The Balaban J connectivity index is 5.09. The summed E-state index contributed by atoms with van der Waals surface area (Å²) in [5.41, 5.74) is -0.556. The summed E-state index contributed by atoms with van der Waals surface area (Å²) in [6.45, 7) is 6.54. The van der Waals surface area contributed by atoms with E-state index in [4.69, 9.17) is 11.6 Å². The third-order valence-corrected chi connectivity index (χ3v) is 4.75. The molecule has 0 saturated carbocycles. The number of hydrogen-bond acceptors (Lipinski definition) is 3. The highest BCUT2D eigenvalue weighted by atomic mass is 35.5. The van der Waals surface area contributed by atoms with Gasteiger partial charge in [-0.25, -0.2) is 8.42 Å². The van der Waals surface area contributed by atoms with Crippen LogP contribution in [0.1, 0.15) is 27.7 Å². The van der Waals surface area contributed by atoms with E-state index in [0.29, 0.717) is 0 Å². The van der Waals surface area contributed by atoms with E-state index in [2.05, 4.69) is 0 Å². The van der Waals surface area contributed by atoms with Gasteiger partial charge in [0.05, 0.1) is 6.10 Å². The van der Waals surface area contributed by atoms with Crippen LogP contribution in [0.4, 0.5) is 0 Å². The molecule has 13 heavy (non-hydrogen) atoms. The summed E-state index contributed by atoms with van der Waals surface area (Å²) in [6, 6.07) is 0. The molecule has 0 bridgehead atoms. The molecule has 0 aliphatic carbocycles. The second kappa shape index (κ2) is 3.41. The smallest absolute Gasteiger partial charge is 0.169 e. The number of hydrogen-bond donors (Lipinski definition) is 1. The van der Waals surface area contributed by atoms with Crippen LogP contribution < -0.4 is 0 Å². The normalized spacial score (nSPS) is 20.8. The van der Waals surface area contributed by atoms with E-state index in [1.165, 1.54) is 6.92 Å². The van der Waals surface area contributed by atoms with Crippen molar-refractivity contribution >= 4 is 21.4 Å². The van der Waals surface area contributed by atoms with Crippen LogP contribution in [0.2, 0.25) is 0 Å². The van der Waals surface area contributed by atoms with Crippen molar-refractivity contribution in [1.82, 2.24) is 0 Å². The molecule has 0 amide bonds. The molecule has 0 aliphatic heterocycles. The fraction of sp³-hybridized carbons (Fsp3) is 1.00. The Morgan fingerprint density at radius 3 is 1.62 bits per heavy atom. The quantitative estimate of drug-likeness (QED) is 0.727. The lowest BCUT2D eigenvalue weighted by atomic mass is 9.87. The molecular weight excluding hydrogens is 212 g/mol. The molecule has 0 aromatic heterocycles. The fourth-order valence-electron chi connectivity index (χ4n) is 0.976. The van der Waals surface area contributed by atoms with Gasteiger partial charge in [0.2, 0.25) is 0 Å².